The Morgan fingerprint density at radius 2 is 2.21 bits per heavy atom. The molecule has 0 spiro atoms. The van der Waals surface area contributed by atoms with Gasteiger partial charge < -0.3 is 0 Å². The Hall–Kier alpha value is -2.48. The predicted octanol–water partition coefficient (Wildman–Crippen LogP) is 3.77. The van der Waals surface area contributed by atoms with E-state index >= 15 is 0 Å². The van der Waals surface area contributed by atoms with Crippen molar-refractivity contribution in [2.45, 2.75) is 13.3 Å². The molecule has 96 valence electrons. The molecule has 0 saturated carbocycles. The average molecular weight is 258 g/mol. The normalized spacial score (nSPS) is 22.2. The van der Waals surface area contributed by atoms with Crippen molar-refractivity contribution < 1.29 is 9.31 Å². The summed E-state index contributed by atoms with van der Waals surface area (Å²) in [5.41, 5.74) is 0.115. The number of benzene rings is 1. The van der Waals surface area contributed by atoms with Gasteiger partial charge in [-0.05, 0) is 24.1 Å². The molecule has 2 rings (SSSR count). The second-order valence-electron chi connectivity index (χ2n) is 4.62. The van der Waals surface area contributed by atoms with Crippen LogP contribution in [0.5, 0.6) is 0 Å². The maximum absolute atomic E-state index is 13.3. The first kappa shape index (κ1) is 13.0. The fourth-order valence-corrected chi connectivity index (χ4v) is 2.15. The monoisotopic (exact) mass is 258 g/mol. The van der Waals surface area contributed by atoms with E-state index in [2.05, 4.69) is 6.07 Å². The van der Waals surface area contributed by atoms with Gasteiger partial charge in [-0.15, -0.1) is 0 Å². The van der Waals surface area contributed by atoms with Crippen LogP contribution in [0, 0.1) is 26.9 Å². The van der Waals surface area contributed by atoms with Crippen LogP contribution in [0.1, 0.15) is 18.9 Å². The van der Waals surface area contributed by atoms with Crippen LogP contribution in [0.2, 0.25) is 0 Å². The summed E-state index contributed by atoms with van der Waals surface area (Å²) in [6.07, 6.45) is 2.80. The van der Waals surface area contributed by atoms with Crippen LogP contribution < -0.4 is 0 Å². The standard InChI is InChI=1S/C14H11FN2O2/c1-14(9-16)8-11(15)5-6-13(14)10-3-2-4-12(7-10)17(18)19/h2-7H,8H2,1H3. The Bertz CT molecular complexity index is 643. The summed E-state index contributed by atoms with van der Waals surface area (Å²) in [6, 6.07) is 8.11. The molecule has 0 radical (unpaired) electrons. The first-order valence-corrected chi connectivity index (χ1v) is 5.69. The number of nitriles is 1. The number of rotatable bonds is 2. The molecule has 0 bridgehead atoms. The van der Waals surface area contributed by atoms with Gasteiger partial charge in [0.15, 0.2) is 0 Å². The third kappa shape index (κ3) is 2.38. The van der Waals surface area contributed by atoms with Crippen molar-refractivity contribution in [3.05, 3.63) is 57.9 Å². The van der Waals surface area contributed by atoms with E-state index in [1.165, 1.54) is 24.3 Å². The Kier molecular flexibility index (Phi) is 3.17. The molecule has 0 N–H and O–H groups in total. The van der Waals surface area contributed by atoms with E-state index in [-0.39, 0.29) is 17.9 Å². The molecule has 1 aromatic rings. The van der Waals surface area contributed by atoms with Gasteiger partial charge in [0.05, 0.1) is 16.4 Å². The van der Waals surface area contributed by atoms with E-state index in [1.54, 1.807) is 19.1 Å². The number of nitrogens with zero attached hydrogens (tertiary/aromatic N) is 2. The minimum Gasteiger partial charge on any atom is -0.258 e. The Balaban J connectivity index is 2.54. The third-order valence-corrected chi connectivity index (χ3v) is 3.16. The van der Waals surface area contributed by atoms with Crippen LogP contribution >= 0.6 is 0 Å². The van der Waals surface area contributed by atoms with E-state index in [9.17, 15) is 19.8 Å². The molecule has 0 amide bonds. The van der Waals surface area contributed by atoms with Crippen LogP contribution in [-0.2, 0) is 0 Å². The van der Waals surface area contributed by atoms with Gasteiger partial charge in [-0.2, -0.15) is 5.26 Å². The first-order valence-electron chi connectivity index (χ1n) is 5.69. The summed E-state index contributed by atoms with van der Waals surface area (Å²) in [6.45, 7) is 1.63. The maximum Gasteiger partial charge on any atom is 0.270 e. The molecule has 0 aliphatic heterocycles. The summed E-state index contributed by atoms with van der Waals surface area (Å²) < 4.78 is 13.3. The summed E-state index contributed by atoms with van der Waals surface area (Å²) in [5.74, 6) is -0.363. The molecule has 1 aromatic carbocycles. The Morgan fingerprint density at radius 3 is 2.84 bits per heavy atom. The van der Waals surface area contributed by atoms with Crippen molar-refractivity contribution >= 4 is 11.3 Å². The average Bonchev–Trinajstić information content (AvgIpc) is 2.39. The molecule has 1 atom stereocenters. The van der Waals surface area contributed by atoms with E-state index in [4.69, 9.17) is 0 Å². The molecular formula is C14H11FN2O2. The fourth-order valence-electron chi connectivity index (χ4n) is 2.15. The number of nitro benzene ring substituents is 1. The number of hydrogen-bond acceptors (Lipinski definition) is 3. The lowest BCUT2D eigenvalue weighted by molar-refractivity contribution is -0.384. The Labute approximate surface area is 109 Å². The maximum atomic E-state index is 13.3. The molecule has 1 aliphatic rings. The molecule has 0 heterocycles. The van der Waals surface area contributed by atoms with Crippen LogP contribution in [-0.4, -0.2) is 4.92 Å². The lowest BCUT2D eigenvalue weighted by Crippen LogP contribution is -2.18. The second kappa shape index (κ2) is 4.65. The molecular weight excluding hydrogens is 247 g/mol. The number of hydrogen-bond donors (Lipinski definition) is 0. The van der Waals surface area contributed by atoms with E-state index in [0.717, 1.165) is 0 Å². The molecule has 0 fully saturated rings. The van der Waals surface area contributed by atoms with Crippen molar-refractivity contribution in [3.63, 3.8) is 0 Å². The topological polar surface area (TPSA) is 66.9 Å². The predicted molar refractivity (Wildman–Crippen MR) is 68.6 cm³/mol. The zero-order valence-electron chi connectivity index (χ0n) is 10.3. The van der Waals surface area contributed by atoms with Crippen molar-refractivity contribution in [2.75, 3.05) is 0 Å². The largest absolute Gasteiger partial charge is 0.270 e. The minimum atomic E-state index is -1.01. The molecule has 5 heteroatoms. The van der Waals surface area contributed by atoms with Gasteiger partial charge in [-0.25, -0.2) is 4.39 Å². The van der Waals surface area contributed by atoms with Crippen molar-refractivity contribution in [1.82, 2.24) is 0 Å². The smallest absolute Gasteiger partial charge is 0.258 e. The van der Waals surface area contributed by atoms with Gasteiger partial charge in [0.2, 0.25) is 0 Å². The van der Waals surface area contributed by atoms with Gasteiger partial charge in [-0.1, -0.05) is 18.2 Å². The molecule has 0 aromatic heterocycles. The van der Waals surface area contributed by atoms with E-state index in [1.807, 2.05) is 0 Å². The van der Waals surface area contributed by atoms with Crippen LogP contribution in [0.4, 0.5) is 10.1 Å². The van der Waals surface area contributed by atoms with E-state index in [0.29, 0.717) is 11.1 Å². The Morgan fingerprint density at radius 1 is 1.47 bits per heavy atom. The number of halogens is 1. The van der Waals surface area contributed by atoms with Crippen molar-refractivity contribution in [2.24, 2.45) is 5.41 Å². The molecule has 19 heavy (non-hydrogen) atoms. The number of non-ortho nitro benzene ring substituents is 1. The van der Waals surface area contributed by atoms with Gasteiger partial charge in [-0.3, -0.25) is 10.1 Å². The van der Waals surface area contributed by atoms with Crippen LogP contribution in [0.15, 0.2) is 42.2 Å². The van der Waals surface area contributed by atoms with Gasteiger partial charge >= 0.3 is 0 Å². The summed E-state index contributed by atoms with van der Waals surface area (Å²) in [5, 5.41) is 20.0. The highest BCUT2D eigenvalue weighted by atomic mass is 19.1. The zero-order valence-corrected chi connectivity index (χ0v) is 10.3. The van der Waals surface area contributed by atoms with Crippen LogP contribution in [0.3, 0.4) is 0 Å². The fraction of sp³-hybridized carbons (Fsp3) is 0.214. The van der Waals surface area contributed by atoms with E-state index < -0.39 is 10.3 Å². The SMILES string of the molecule is CC1(C#N)CC(F)=CC=C1c1cccc([N+](=O)[O-])c1. The summed E-state index contributed by atoms with van der Waals surface area (Å²) in [4.78, 5) is 10.3. The third-order valence-electron chi connectivity index (χ3n) is 3.16. The van der Waals surface area contributed by atoms with Crippen molar-refractivity contribution in [1.29, 1.82) is 5.26 Å². The quantitative estimate of drug-likeness (QED) is 0.599. The minimum absolute atomic E-state index is 0.0158. The highest BCUT2D eigenvalue weighted by Crippen LogP contribution is 2.43. The lowest BCUT2D eigenvalue weighted by Gasteiger charge is -2.27. The number of nitro groups is 1. The van der Waals surface area contributed by atoms with Gasteiger partial charge in [0.1, 0.15) is 5.83 Å². The second-order valence-corrected chi connectivity index (χ2v) is 4.62. The molecule has 1 unspecified atom stereocenters. The van der Waals surface area contributed by atoms with Gasteiger partial charge in [0.25, 0.3) is 5.69 Å². The highest BCUT2D eigenvalue weighted by molar-refractivity contribution is 5.76. The zero-order chi connectivity index (χ0) is 14.0. The first-order chi connectivity index (χ1) is 8.96. The van der Waals surface area contributed by atoms with Crippen molar-refractivity contribution in [3.8, 4) is 6.07 Å². The summed E-state index contributed by atoms with van der Waals surface area (Å²) >= 11 is 0. The highest BCUT2D eigenvalue weighted by Gasteiger charge is 2.33. The van der Waals surface area contributed by atoms with Crippen LogP contribution in [0.25, 0.3) is 5.57 Å². The molecule has 4 nitrogen and oxygen atoms in total. The number of allylic oxidation sites excluding steroid dienone is 4. The lowest BCUT2D eigenvalue weighted by atomic mass is 9.74. The van der Waals surface area contributed by atoms with Gasteiger partial charge in [0, 0.05) is 18.6 Å². The molecule has 1 aliphatic carbocycles. The summed E-state index contributed by atoms with van der Waals surface area (Å²) in [7, 11) is 0. The molecule has 0 saturated heterocycles.